The maximum absolute atomic E-state index is 12.5. The average Bonchev–Trinajstić information content (AvgIpc) is 2.69. The lowest BCUT2D eigenvalue weighted by Crippen LogP contribution is -2.31. The molecule has 1 atom stereocenters. The molecule has 0 bridgehead atoms. The maximum Gasteiger partial charge on any atom is 0.265 e. The van der Waals surface area contributed by atoms with Gasteiger partial charge < -0.3 is 14.8 Å². The second-order valence-electron chi connectivity index (χ2n) is 6.04. The fraction of sp³-hybridized carbons (Fsp3) is 0.350. The molecule has 2 rings (SSSR count). The minimum atomic E-state index is -3.52. The second-order valence-corrected chi connectivity index (χ2v) is 7.98. The van der Waals surface area contributed by atoms with Gasteiger partial charge in [-0.1, -0.05) is 13.8 Å². The summed E-state index contributed by atoms with van der Waals surface area (Å²) in [4.78, 5) is 12.5. The van der Waals surface area contributed by atoms with Crippen molar-refractivity contribution in [1.82, 2.24) is 4.31 Å². The van der Waals surface area contributed by atoms with Gasteiger partial charge in [0, 0.05) is 18.8 Å². The molecule has 0 fully saturated rings. The first-order valence-corrected chi connectivity index (χ1v) is 10.5. The van der Waals surface area contributed by atoms with Crippen LogP contribution in [0.25, 0.3) is 0 Å². The molecule has 1 N–H and O–H groups in total. The third-order valence-corrected chi connectivity index (χ3v) is 6.27. The number of nitrogens with one attached hydrogen (secondary N) is 1. The Hall–Kier alpha value is -2.58. The van der Waals surface area contributed by atoms with E-state index in [0.29, 0.717) is 30.3 Å². The molecule has 0 aliphatic carbocycles. The zero-order valence-corrected chi connectivity index (χ0v) is 17.3. The van der Waals surface area contributed by atoms with E-state index < -0.39 is 16.1 Å². The van der Waals surface area contributed by atoms with Gasteiger partial charge in [0.15, 0.2) is 6.10 Å². The molecule has 0 radical (unpaired) electrons. The van der Waals surface area contributed by atoms with Crippen LogP contribution in [0.4, 0.5) is 5.69 Å². The molecule has 8 heteroatoms. The average molecular weight is 407 g/mol. The Balaban J connectivity index is 2.01. The summed E-state index contributed by atoms with van der Waals surface area (Å²) in [5, 5.41) is 2.72. The van der Waals surface area contributed by atoms with Crippen LogP contribution in [0.2, 0.25) is 0 Å². The van der Waals surface area contributed by atoms with Crippen molar-refractivity contribution in [3.05, 3.63) is 48.5 Å². The molecule has 0 spiro atoms. The lowest BCUT2D eigenvalue weighted by Gasteiger charge is -2.19. The van der Waals surface area contributed by atoms with Crippen molar-refractivity contribution >= 4 is 21.6 Å². The number of carbonyl (C=O) groups is 1. The fourth-order valence-corrected chi connectivity index (χ4v) is 4.04. The number of carbonyl (C=O) groups excluding carboxylic acids is 1. The highest BCUT2D eigenvalue weighted by molar-refractivity contribution is 7.89. The van der Waals surface area contributed by atoms with E-state index in [4.69, 9.17) is 9.47 Å². The third-order valence-electron chi connectivity index (χ3n) is 4.21. The molecule has 2 aromatic carbocycles. The number of nitrogens with zero attached hydrogens (tertiary/aromatic N) is 1. The van der Waals surface area contributed by atoms with Crippen molar-refractivity contribution in [2.75, 3.05) is 25.5 Å². The quantitative estimate of drug-likeness (QED) is 0.692. The van der Waals surface area contributed by atoms with Crippen molar-refractivity contribution in [3.8, 4) is 11.5 Å². The van der Waals surface area contributed by atoms with Crippen LogP contribution in [0.15, 0.2) is 53.4 Å². The molecule has 2 aromatic rings. The molecule has 0 aromatic heterocycles. The molecule has 28 heavy (non-hydrogen) atoms. The Morgan fingerprint density at radius 1 is 1.00 bits per heavy atom. The summed E-state index contributed by atoms with van der Waals surface area (Å²) < 4.78 is 37.1. The van der Waals surface area contributed by atoms with Gasteiger partial charge in [-0.15, -0.1) is 0 Å². The molecule has 152 valence electrons. The number of benzene rings is 2. The molecular weight excluding hydrogens is 380 g/mol. The Labute approximate surface area is 166 Å². The van der Waals surface area contributed by atoms with E-state index in [2.05, 4.69) is 5.32 Å². The van der Waals surface area contributed by atoms with E-state index in [1.807, 2.05) is 0 Å². The van der Waals surface area contributed by atoms with Crippen LogP contribution >= 0.6 is 0 Å². The van der Waals surface area contributed by atoms with Gasteiger partial charge in [0.1, 0.15) is 11.5 Å². The molecule has 1 amide bonds. The molecule has 7 nitrogen and oxygen atoms in total. The largest absolute Gasteiger partial charge is 0.497 e. The number of sulfonamides is 1. The van der Waals surface area contributed by atoms with E-state index in [1.54, 1.807) is 64.3 Å². The van der Waals surface area contributed by atoms with Gasteiger partial charge in [-0.05, 0) is 55.5 Å². The van der Waals surface area contributed by atoms with Gasteiger partial charge in [0.05, 0.1) is 12.0 Å². The topological polar surface area (TPSA) is 84.9 Å². The number of hydrogen-bond acceptors (Lipinski definition) is 5. The van der Waals surface area contributed by atoms with E-state index in [0.717, 1.165) is 0 Å². The Morgan fingerprint density at radius 2 is 1.54 bits per heavy atom. The summed E-state index contributed by atoms with van der Waals surface area (Å²) in [6, 6.07) is 13.0. The smallest absolute Gasteiger partial charge is 0.265 e. The number of methoxy groups -OCH3 is 1. The van der Waals surface area contributed by atoms with E-state index in [9.17, 15) is 13.2 Å². The predicted molar refractivity (Wildman–Crippen MR) is 108 cm³/mol. The van der Waals surface area contributed by atoms with Crippen LogP contribution in [0.1, 0.15) is 20.8 Å². The first kappa shape index (κ1) is 21.7. The third kappa shape index (κ3) is 5.24. The highest BCUT2D eigenvalue weighted by Crippen LogP contribution is 2.20. The molecule has 0 aliphatic rings. The van der Waals surface area contributed by atoms with Crippen LogP contribution < -0.4 is 14.8 Å². The zero-order valence-electron chi connectivity index (χ0n) is 16.5. The van der Waals surface area contributed by atoms with Crippen molar-refractivity contribution in [1.29, 1.82) is 0 Å². The lowest BCUT2D eigenvalue weighted by atomic mass is 10.3. The summed E-state index contributed by atoms with van der Waals surface area (Å²) in [5.74, 6) is 0.906. The lowest BCUT2D eigenvalue weighted by molar-refractivity contribution is -0.122. The van der Waals surface area contributed by atoms with Crippen LogP contribution in [0.3, 0.4) is 0 Å². The summed E-state index contributed by atoms with van der Waals surface area (Å²) in [7, 11) is -1.95. The van der Waals surface area contributed by atoms with Crippen molar-refractivity contribution in [2.45, 2.75) is 31.8 Å². The minimum Gasteiger partial charge on any atom is -0.497 e. The van der Waals surface area contributed by atoms with Crippen molar-refractivity contribution in [3.63, 3.8) is 0 Å². The minimum absolute atomic E-state index is 0.191. The number of rotatable bonds is 9. The Bertz CT molecular complexity index is 876. The molecule has 0 saturated heterocycles. The Morgan fingerprint density at radius 3 is 2.04 bits per heavy atom. The van der Waals surface area contributed by atoms with Crippen LogP contribution in [0.5, 0.6) is 11.5 Å². The normalized spacial score (nSPS) is 12.5. The predicted octanol–water partition coefficient (Wildman–Crippen LogP) is 3.13. The van der Waals surface area contributed by atoms with Gasteiger partial charge >= 0.3 is 0 Å². The maximum atomic E-state index is 12.5. The highest BCUT2D eigenvalue weighted by Gasteiger charge is 2.21. The molecular formula is C20H26N2O5S. The van der Waals surface area contributed by atoms with Crippen molar-refractivity contribution < 1.29 is 22.7 Å². The molecule has 0 saturated carbocycles. The first-order chi connectivity index (χ1) is 13.3. The summed E-state index contributed by atoms with van der Waals surface area (Å²) in [6.45, 7) is 6.02. The summed E-state index contributed by atoms with van der Waals surface area (Å²) in [6.07, 6.45) is -0.729. The van der Waals surface area contributed by atoms with E-state index in [1.165, 1.54) is 16.4 Å². The van der Waals surface area contributed by atoms with E-state index in [-0.39, 0.29) is 10.8 Å². The van der Waals surface area contributed by atoms with Crippen LogP contribution in [-0.4, -0.2) is 44.9 Å². The monoisotopic (exact) mass is 406 g/mol. The number of hydrogen-bond donors (Lipinski definition) is 1. The highest BCUT2D eigenvalue weighted by atomic mass is 32.2. The van der Waals surface area contributed by atoms with Crippen LogP contribution in [-0.2, 0) is 14.8 Å². The van der Waals surface area contributed by atoms with E-state index >= 15 is 0 Å². The number of amides is 1. The van der Waals surface area contributed by atoms with Crippen molar-refractivity contribution in [2.24, 2.45) is 0 Å². The van der Waals surface area contributed by atoms with Gasteiger partial charge in [0.25, 0.3) is 5.91 Å². The van der Waals surface area contributed by atoms with Gasteiger partial charge in [0.2, 0.25) is 10.0 Å². The number of anilines is 1. The van der Waals surface area contributed by atoms with Gasteiger partial charge in [-0.2, -0.15) is 4.31 Å². The molecule has 0 unspecified atom stereocenters. The van der Waals surface area contributed by atoms with Crippen LogP contribution in [0, 0.1) is 0 Å². The number of ether oxygens (including phenoxy) is 2. The summed E-state index contributed by atoms with van der Waals surface area (Å²) in [5.41, 5.74) is 0.494. The zero-order chi connectivity index (χ0) is 20.7. The van der Waals surface area contributed by atoms with Gasteiger partial charge in [-0.3, -0.25) is 4.79 Å². The molecule has 0 heterocycles. The molecule has 0 aliphatic heterocycles. The SMILES string of the molecule is CCN(CC)S(=O)(=O)c1ccc(NC(=O)[C@H](C)Oc2ccc(OC)cc2)cc1. The second kappa shape index (κ2) is 9.57. The fourth-order valence-electron chi connectivity index (χ4n) is 2.58. The van der Waals surface area contributed by atoms with Gasteiger partial charge in [-0.25, -0.2) is 8.42 Å². The Kier molecular flexibility index (Phi) is 7.42. The standard InChI is InChI=1S/C20H26N2O5S/c1-5-22(6-2)28(24,25)19-13-7-16(8-14-19)21-20(23)15(3)27-18-11-9-17(26-4)10-12-18/h7-15H,5-6H2,1-4H3,(H,21,23)/t15-/m0/s1. The summed E-state index contributed by atoms with van der Waals surface area (Å²) >= 11 is 0. The first-order valence-electron chi connectivity index (χ1n) is 9.03.